The second kappa shape index (κ2) is 8.93. The predicted octanol–water partition coefficient (Wildman–Crippen LogP) is -1.01. The summed E-state index contributed by atoms with van der Waals surface area (Å²) in [6.07, 6.45) is 3.04. The standard InChI is InChI=1S/C8H22N4/c9-4-1-3-8(11)7-12-6-2-5-10/h8,12H,1-7,9-11H2/t8-/m1/s1. The lowest BCUT2D eigenvalue weighted by atomic mass is 10.1. The van der Waals surface area contributed by atoms with E-state index in [0.717, 1.165) is 45.4 Å². The minimum Gasteiger partial charge on any atom is -0.330 e. The molecule has 0 saturated carbocycles. The zero-order valence-electron chi connectivity index (χ0n) is 7.76. The van der Waals surface area contributed by atoms with Crippen LogP contribution in [0, 0.1) is 0 Å². The minimum atomic E-state index is 0.242. The van der Waals surface area contributed by atoms with Crippen molar-refractivity contribution in [3.8, 4) is 0 Å². The van der Waals surface area contributed by atoms with Crippen LogP contribution >= 0.6 is 0 Å². The molecular formula is C8H22N4. The van der Waals surface area contributed by atoms with Crippen LogP contribution in [0.3, 0.4) is 0 Å². The summed E-state index contributed by atoms with van der Waals surface area (Å²) in [4.78, 5) is 0. The monoisotopic (exact) mass is 174 g/mol. The summed E-state index contributed by atoms with van der Waals surface area (Å²) in [5, 5.41) is 3.25. The van der Waals surface area contributed by atoms with Crippen molar-refractivity contribution in [2.75, 3.05) is 26.2 Å². The Morgan fingerprint density at radius 1 is 1.08 bits per heavy atom. The molecule has 0 rings (SSSR count). The molecule has 4 heteroatoms. The predicted molar refractivity (Wildman–Crippen MR) is 52.8 cm³/mol. The molecule has 0 amide bonds. The van der Waals surface area contributed by atoms with Gasteiger partial charge in [-0.3, -0.25) is 0 Å². The summed E-state index contributed by atoms with van der Waals surface area (Å²) >= 11 is 0. The lowest BCUT2D eigenvalue weighted by molar-refractivity contribution is 0.527. The van der Waals surface area contributed by atoms with Crippen molar-refractivity contribution in [1.82, 2.24) is 5.32 Å². The van der Waals surface area contributed by atoms with Gasteiger partial charge in [0.05, 0.1) is 0 Å². The topological polar surface area (TPSA) is 90.1 Å². The highest BCUT2D eigenvalue weighted by Crippen LogP contribution is 1.90. The molecule has 0 aliphatic heterocycles. The van der Waals surface area contributed by atoms with Crippen LogP contribution in [-0.2, 0) is 0 Å². The molecule has 0 bridgehead atoms. The van der Waals surface area contributed by atoms with Crippen LogP contribution in [0.25, 0.3) is 0 Å². The van der Waals surface area contributed by atoms with E-state index in [1.807, 2.05) is 0 Å². The van der Waals surface area contributed by atoms with Crippen LogP contribution in [0.15, 0.2) is 0 Å². The van der Waals surface area contributed by atoms with Crippen molar-refractivity contribution in [1.29, 1.82) is 0 Å². The zero-order valence-corrected chi connectivity index (χ0v) is 7.76. The summed E-state index contributed by atoms with van der Waals surface area (Å²) in [6.45, 7) is 3.31. The Kier molecular flexibility index (Phi) is 8.81. The van der Waals surface area contributed by atoms with Gasteiger partial charge >= 0.3 is 0 Å². The summed E-state index contributed by atoms with van der Waals surface area (Å²) < 4.78 is 0. The van der Waals surface area contributed by atoms with Crippen LogP contribution in [0.5, 0.6) is 0 Å². The van der Waals surface area contributed by atoms with Gasteiger partial charge in [-0.1, -0.05) is 0 Å². The summed E-state index contributed by atoms with van der Waals surface area (Å²) in [7, 11) is 0. The molecule has 0 radical (unpaired) electrons. The fourth-order valence-corrected chi connectivity index (χ4v) is 0.997. The molecular weight excluding hydrogens is 152 g/mol. The molecule has 0 aromatic rings. The first kappa shape index (κ1) is 11.8. The molecule has 0 aliphatic rings. The Morgan fingerprint density at radius 3 is 2.33 bits per heavy atom. The van der Waals surface area contributed by atoms with Crippen LogP contribution < -0.4 is 22.5 Å². The largest absolute Gasteiger partial charge is 0.330 e. The van der Waals surface area contributed by atoms with E-state index < -0.39 is 0 Å². The van der Waals surface area contributed by atoms with Gasteiger partial charge in [-0.25, -0.2) is 0 Å². The van der Waals surface area contributed by atoms with Gasteiger partial charge in [0.1, 0.15) is 0 Å². The van der Waals surface area contributed by atoms with Crippen LogP contribution in [0.2, 0.25) is 0 Å². The molecule has 7 N–H and O–H groups in total. The molecule has 0 heterocycles. The molecule has 0 aromatic heterocycles. The van der Waals surface area contributed by atoms with E-state index in [0.29, 0.717) is 0 Å². The normalized spacial score (nSPS) is 13.2. The van der Waals surface area contributed by atoms with Crippen molar-refractivity contribution in [3.63, 3.8) is 0 Å². The van der Waals surface area contributed by atoms with Gasteiger partial charge in [0.15, 0.2) is 0 Å². The third kappa shape index (κ3) is 7.94. The molecule has 74 valence electrons. The van der Waals surface area contributed by atoms with E-state index in [4.69, 9.17) is 17.2 Å². The maximum absolute atomic E-state index is 5.79. The number of hydrogen-bond acceptors (Lipinski definition) is 4. The maximum Gasteiger partial charge on any atom is 0.0165 e. The van der Waals surface area contributed by atoms with Gasteiger partial charge < -0.3 is 22.5 Å². The van der Waals surface area contributed by atoms with Crippen molar-refractivity contribution >= 4 is 0 Å². The molecule has 12 heavy (non-hydrogen) atoms. The van der Waals surface area contributed by atoms with E-state index in [2.05, 4.69) is 5.32 Å². The minimum absolute atomic E-state index is 0.242. The fraction of sp³-hybridized carbons (Fsp3) is 1.00. The van der Waals surface area contributed by atoms with Gasteiger partial charge in [0.25, 0.3) is 0 Å². The van der Waals surface area contributed by atoms with E-state index >= 15 is 0 Å². The van der Waals surface area contributed by atoms with Gasteiger partial charge in [0, 0.05) is 12.6 Å². The Morgan fingerprint density at radius 2 is 1.75 bits per heavy atom. The average molecular weight is 174 g/mol. The summed E-state index contributed by atoms with van der Waals surface area (Å²) in [6, 6.07) is 0.242. The Hall–Kier alpha value is -0.160. The third-order valence-corrected chi connectivity index (χ3v) is 1.74. The molecule has 4 nitrogen and oxygen atoms in total. The Bertz CT molecular complexity index is 87.1. The average Bonchev–Trinajstić information content (AvgIpc) is 2.09. The molecule has 0 fully saturated rings. The van der Waals surface area contributed by atoms with E-state index in [1.54, 1.807) is 0 Å². The number of nitrogens with one attached hydrogen (secondary N) is 1. The molecule has 0 unspecified atom stereocenters. The second-order valence-electron chi connectivity index (χ2n) is 3.04. The lowest BCUT2D eigenvalue weighted by Gasteiger charge is -2.11. The van der Waals surface area contributed by atoms with Gasteiger partial charge in [-0.05, 0) is 38.9 Å². The van der Waals surface area contributed by atoms with Gasteiger partial charge in [-0.15, -0.1) is 0 Å². The first-order valence-corrected chi connectivity index (χ1v) is 4.67. The van der Waals surface area contributed by atoms with Crippen molar-refractivity contribution in [2.24, 2.45) is 17.2 Å². The van der Waals surface area contributed by atoms with Crippen LogP contribution in [-0.4, -0.2) is 32.2 Å². The summed E-state index contributed by atoms with van der Waals surface area (Å²) in [5.74, 6) is 0. The quantitative estimate of drug-likeness (QED) is 0.355. The van der Waals surface area contributed by atoms with Gasteiger partial charge in [0.2, 0.25) is 0 Å². The number of rotatable bonds is 8. The molecule has 0 saturated heterocycles. The molecule has 0 aromatic carbocycles. The van der Waals surface area contributed by atoms with Crippen LogP contribution in [0.1, 0.15) is 19.3 Å². The van der Waals surface area contributed by atoms with E-state index in [1.165, 1.54) is 0 Å². The molecule has 0 spiro atoms. The van der Waals surface area contributed by atoms with E-state index in [9.17, 15) is 0 Å². The second-order valence-corrected chi connectivity index (χ2v) is 3.04. The highest BCUT2D eigenvalue weighted by molar-refractivity contribution is 4.64. The Balaban J connectivity index is 3.02. The van der Waals surface area contributed by atoms with Gasteiger partial charge in [-0.2, -0.15) is 0 Å². The van der Waals surface area contributed by atoms with Crippen LogP contribution in [0.4, 0.5) is 0 Å². The highest BCUT2D eigenvalue weighted by Gasteiger charge is 1.99. The first-order valence-electron chi connectivity index (χ1n) is 4.67. The van der Waals surface area contributed by atoms with E-state index in [-0.39, 0.29) is 6.04 Å². The zero-order chi connectivity index (χ0) is 9.23. The molecule has 0 aliphatic carbocycles. The number of hydrogen-bond donors (Lipinski definition) is 4. The maximum atomic E-state index is 5.79. The smallest absolute Gasteiger partial charge is 0.0165 e. The third-order valence-electron chi connectivity index (χ3n) is 1.74. The first-order chi connectivity index (χ1) is 5.81. The summed E-state index contributed by atoms with van der Waals surface area (Å²) in [5.41, 5.74) is 16.5. The Labute approximate surface area is 74.9 Å². The lowest BCUT2D eigenvalue weighted by Crippen LogP contribution is -2.35. The SMILES string of the molecule is NCCCNC[C@H](N)CCCN. The van der Waals surface area contributed by atoms with Crippen molar-refractivity contribution in [3.05, 3.63) is 0 Å². The highest BCUT2D eigenvalue weighted by atomic mass is 14.9. The molecule has 1 atom stereocenters. The number of nitrogens with two attached hydrogens (primary N) is 3. The van der Waals surface area contributed by atoms with Crippen molar-refractivity contribution in [2.45, 2.75) is 25.3 Å². The fourth-order valence-electron chi connectivity index (χ4n) is 0.997. The van der Waals surface area contributed by atoms with Crippen molar-refractivity contribution < 1.29 is 0 Å².